The van der Waals surface area contributed by atoms with Crippen LogP contribution in [0.25, 0.3) is 0 Å². The van der Waals surface area contributed by atoms with Crippen LogP contribution < -0.4 is 5.32 Å². The van der Waals surface area contributed by atoms with Gasteiger partial charge in [-0.2, -0.15) is 0 Å². The number of nitrogens with one attached hydrogen (secondary N) is 1. The summed E-state index contributed by atoms with van der Waals surface area (Å²) in [5.74, 6) is 0.945. The van der Waals surface area contributed by atoms with E-state index in [1.54, 1.807) is 7.11 Å². The van der Waals surface area contributed by atoms with E-state index in [4.69, 9.17) is 9.84 Å². The highest BCUT2D eigenvalue weighted by Crippen LogP contribution is 2.26. The predicted molar refractivity (Wildman–Crippen MR) is 75.8 cm³/mol. The van der Waals surface area contributed by atoms with E-state index in [9.17, 15) is 0 Å². The van der Waals surface area contributed by atoms with Gasteiger partial charge < -0.3 is 15.2 Å². The summed E-state index contributed by atoms with van der Waals surface area (Å²) in [7, 11) is 1.73. The van der Waals surface area contributed by atoms with Crippen molar-refractivity contribution in [3.05, 3.63) is 0 Å². The first-order valence-corrected chi connectivity index (χ1v) is 7.66. The summed E-state index contributed by atoms with van der Waals surface area (Å²) < 4.78 is 5.22. The van der Waals surface area contributed by atoms with Crippen molar-refractivity contribution < 1.29 is 9.84 Å². The molecule has 1 rings (SSSR count). The molecule has 18 heavy (non-hydrogen) atoms. The topological polar surface area (TPSA) is 41.5 Å². The minimum atomic E-state index is 0.242. The van der Waals surface area contributed by atoms with Crippen molar-refractivity contribution in [2.75, 3.05) is 20.3 Å². The summed E-state index contributed by atoms with van der Waals surface area (Å²) in [5.41, 5.74) is 0. The fourth-order valence-corrected chi connectivity index (χ4v) is 3.15. The Kier molecular flexibility index (Phi) is 8.64. The predicted octanol–water partition coefficient (Wildman–Crippen LogP) is 2.72. The highest BCUT2D eigenvalue weighted by Gasteiger charge is 2.20. The van der Waals surface area contributed by atoms with Crippen LogP contribution in [0.3, 0.4) is 0 Å². The van der Waals surface area contributed by atoms with Crippen LogP contribution in [-0.4, -0.2) is 37.5 Å². The number of methoxy groups -OCH3 is 1. The van der Waals surface area contributed by atoms with Gasteiger partial charge in [-0.15, -0.1) is 0 Å². The van der Waals surface area contributed by atoms with Gasteiger partial charge in [-0.05, 0) is 31.6 Å². The molecule has 0 aromatic carbocycles. The molecule has 1 fully saturated rings. The van der Waals surface area contributed by atoms with Crippen molar-refractivity contribution in [2.45, 2.75) is 70.4 Å². The highest BCUT2D eigenvalue weighted by atomic mass is 16.5. The normalized spacial score (nSPS) is 26.8. The molecule has 0 aliphatic heterocycles. The zero-order chi connectivity index (χ0) is 13.2. The van der Waals surface area contributed by atoms with Crippen LogP contribution in [0.5, 0.6) is 0 Å². The van der Waals surface area contributed by atoms with Crippen LogP contribution in [0, 0.1) is 5.92 Å². The Labute approximate surface area is 112 Å². The van der Waals surface area contributed by atoms with Crippen LogP contribution >= 0.6 is 0 Å². The second-order valence-electron chi connectivity index (χ2n) is 5.69. The molecule has 0 bridgehead atoms. The number of aliphatic hydroxyl groups is 1. The molecule has 1 aliphatic carbocycles. The van der Waals surface area contributed by atoms with Gasteiger partial charge in [-0.25, -0.2) is 0 Å². The Morgan fingerprint density at radius 3 is 2.78 bits per heavy atom. The van der Waals surface area contributed by atoms with Gasteiger partial charge in [0.2, 0.25) is 0 Å². The monoisotopic (exact) mass is 257 g/mol. The van der Waals surface area contributed by atoms with Crippen LogP contribution in [0.1, 0.15) is 58.3 Å². The van der Waals surface area contributed by atoms with Gasteiger partial charge in [0.1, 0.15) is 0 Å². The Morgan fingerprint density at radius 1 is 1.28 bits per heavy atom. The lowest BCUT2D eigenvalue weighted by Gasteiger charge is -2.24. The van der Waals surface area contributed by atoms with E-state index in [0.29, 0.717) is 18.7 Å². The van der Waals surface area contributed by atoms with E-state index in [1.807, 2.05) is 0 Å². The van der Waals surface area contributed by atoms with Gasteiger partial charge in [0.15, 0.2) is 0 Å². The SMILES string of the molecule is CCCC1CCCC(NC(CCO)COC)CC1. The minimum absolute atomic E-state index is 0.242. The summed E-state index contributed by atoms with van der Waals surface area (Å²) in [6.07, 6.45) is 10.2. The van der Waals surface area contributed by atoms with Crippen molar-refractivity contribution in [1.29, 1.82) is 0 Å². The van der Waals surface area contributed by atoms with Crippen LogP contribution in [0.2, 0.25) is 0 Å². The van der Waals surface area contributed by atoms with E-state index in [0.717, 1.165) is 12.3 Å². The molecule has 3 heteroatoms. The second-order valence-corrected chi connectivity index (χ2v) is 5.69. The van der Waals surface area contributed by atoms with Crippen molar-refractivity contribution >= 4 is 0 Å². The largest absolute Gasteiger partial charge is 0.396 e. The smallest absolute Gasteiger partial charge is 0.0616 e. The lowest BCUT2D eigenvalue weighted by molar-refractivity contribution is 0.140. The number of aliphatic hydroxyl groups excluding tert-OH is 1. The second kappa shape index (κ2) is 9.76. The summed E-state index contributed by atoms with van der Waals surface area (Å²) in [5, 5.41) is 12.7. The van der Waals surface area contributed by atoms with E-state index in [1.165, 1.54) is 44.9 Å². The molecule has 1 saturated carbocycles. The quantitative estimate of drug-likeness (QED) is 0.657. The third-order valence-electron chi connectivity index (χ3n) is 4.10. The Morgan fingerprint density at radius 2 is 2.11 bits per heavy atom. The lowest BCUT2D eigenvalue weighted by Crippen LogP contribution is -2.41. The Balaban J connectivity index is 2.32. The first-order valence-electron chi connectivity index (χ1n) is 7.66. The van der Waals surface area contributed by atoms with E-state index >= 15 is 0 Å². The summed E-state index contributed by atoms with van der Waals surface area (Å²) >= 11 is 0. The average Bonchev–Trinajstić information content (AvgIpc) is 2.56. The first-order chi connectivity index (χ1) is 8.80. The fraction of sp³-hybridized carbons (Fsp3) is 1.00. The summed E-state index contributed by atoms with van der Waals surface area (Å²) in [4.78, 5) is 0. The Bertz CT molecular complexity index is 193. The molecule has 3 unspecified atom stereocenters. The molecule has 0 heterocycles. The molecule has 0 spiro atoms. The number of ether oxygens (including phenoxy) is 1. The van der Waals surface area contributed by atoms with Gasteiger partial charge >= 0.3 is 0 Å². The maximum atomic E-state index is 9.06. The number of hydrogen-bond acceptors (Lipinski definition) is 3. The van der Waals surface area contributed by atoms with Crippen molar-refractivity contribution in [3.8, 4) is 0 Å². The minimum Gasteiger partial charge on any atom is -0.396 e. The zero-order valence-corrected chi connectivity index (χ0v) is 12.2. The van der Waals surface area contributed by atoms with Crippen LogP contribution in [-0.2, 0) is 4.74 Å². The van der Waals surface area contributed by atoms with Gasteiger partial charge in [-0.1, -0.05) is 32.6 Å². The van der Waals surface area contributed by atoms with Gasteiger partial charge in [0, 0.05) is 25.8 Å². The number of rotatable bonds is 8. The molecule has 0 aromatic heterocycles. The van der Waals surface area contributed by atoms with E-state index in [2.05, 4.69) is 12.2 Å². The van der Waals surface area contributed by atoms with Crippen molar-refractivity contribution in [2.24, 2.45) is 5.92 Å². The van der Waals surface area contributed by atoms with Gasteiger partial charge in [0.05, 0.1) is 6.61 Å². The van der Waals surface area contributed by atoms with E-state index < -0.39 is 0 Å². The molecule has 2 N–H and O–H groups in total. The molecular weight excluding hydrogens is 226 g/mol. The maximum absolute atomic E-state index is 9.06. The molecule has 3 nitrogen and oxygen atoms in total. The fourth-order valence-electron chi connectivity index (χ4n) is 3.15. The molecule has 0 aromatic rings. The molecule has 1 aliphatic rings. The van der Waals surface area contributed by atoms with Crippen molar-refractivity contribution in [3.63, 3.8) is 0 Å². The summed E-state index contributed by atoms with van der Waals surface area (Å²) in [6.45, 7) is 3.23. The number of hydrogen-bond donors (Lipinski definition) is 2. The van der Waals surface area contributed by atoms with Gasteiger partial charge in [-0.3, -0.25) is 0 Å². The standard InChI is InChI=1S/C15H31NO2/c1-3-5-13-6-4-7-14(9-8-13)16-15(10-11-17)12-18-2/h13-17H,3-12H2,1-2H3. The van der Waals surface area contributed by atoms with Crippen molar-refractivity contribution in [1.82, 2.24) is 5.32 Å². The third-order valence-corrected chi connectivity index (χ3v) is 4.10. The molecule has 0 amide bonds. The van der Waals surface area contributed by atoms with Crippen LogP contribution in [0.4, 0.5) is 0 Å². The van der Waals surface area contributed by atoms with Gasteiger partial charge in [0.25, 0.3) is 0 Å². The van der Waals surface area contributed by atoms with Crippen LogP contribution in [0.15, 0.2) is 0 Å². The molecule has 0 radical (unpaired) electrons. The maximum Gasteiger partial charge on any atom is 0.0616 e. The lowest BCUT2D eigenvalue weighted by atomic mass is 9.95. The molecule has 3 atom stereocenters. The summed E-state index contributed by atoms with van der Waals surface area (Å²) in [6, 6.07) is 0.936. The molecular formula is C15H31NO2. The highest BCUT2D eigenvalue weighted by molar-refractivity contribution is 4.78. The Hall–Kier alpha value is -0.120. The first kappa shape index (κ1) is 15.9. The molecule has 108 valence electrons. The molecule has 0 saturated heterocycles. The van der Waals surface area contributed by atoms with E-state index in [-0.39, 0.29) is 6.61 Å². The zero-order valence-electron chi connectivity index (χ0n) is 12.2. The average molecular weight is 257 g/mol. The third kappa shape index (κ3) is 6.17.